The molecule has 1 aliphatic heterocycles. The van der Waals surface area contributed by atoms with Crippen LogP contribution in [0.3, 0.4) is 0 Å². The van der Waals surface area contributed by atoms with E-state index in [4.69, 9.17) is 9.47 Å². The fourth-order valence-electron chi connectivity index (χ4n) is 2.51. The number of amides is 2. The largest absolute Gasteiger partial charge is 0.497 e. The topological polar surface area (TPSA) is 50.8 Å². The van der Waals surface area contributed by atoms with Crippen LogP contribution in [0.2, 0.25) is 0 Å². The molecule has 2 amide bonds. The Bertz CT molecular complexity index is 541. The standard InChI is InChI=1S/C15H19F3N2O3/c1-22-12-6-11(7-13(8-12)23-2)19-14(21)20-5-3-4-10(9-20)15(16,17)18/h6-8,10H,3-5,9H2,1-2H3,(H,19,21)/t10-/m1/s1. The zero-order valence-corrected chi connectivity index (χ0v) is 12.9. The summed E-state index contributed by atoms with van der Waals surface area (Å²) < 4.78 is 48.6. The summed E-state index contributed by atoms with van der Waals surface area (Å²) in [7, 11) is 2.94. The fraction of sp³-hybridized carbons (Fsp3) is 0.533. The van der Waals surface area contributed by atoms with Crippen LogP contribution in [-0.2, 0) is 0 Å². The van der Waals surface area contributed by atoms with Crippen LogP contribution in [0.15, 0.2) is 18.2 Å². The van der Waals surface area contributed by atoms with Gasteiger partial charge in [0.05, 0.1) is 20.1 Å². The summed E-state index contributed by atoms with van der Waals surface area (Å²) in [5.74, 6) is -0.514. The lowest BCUT2D eigenvalue weighted by Crippen LogP contribution is -2.46. The van der Waals surface area contributed by atoms with Gasteiger partial charge in [0.2, 0.25) is 0 Å². The Hall–Kier alpha value is -2.12. The first-order chi connectivity index (χ1) is 10.8. The maximum atomic E-state index is 12.8. The van der Waals surface area contributed by atoms with Gasteiger partial charge < -0.3 is 19.7 Å². The van der Waals surface area contributed by atoms with Crippen LogP contribution in [0.1, 0.15) is 12.8 Å². The van der Waals surface area contributed by atoms with E-state index in [1.165, 1.54) is 19.1 Å². The molecule has 1 saturated heterocycles. The molecule has 128 valence electrons. The van der Waals surface area contributed by atoms with Gasteiger partial charge in [-0.1, -0.05) is 0 Å². The molecule has 1 aliphatic rings. The van der Waals surface area contributed by atoms with Gasteiger partial charge in [0.25, 0.3) is 0 Å². The van der Waals surface area contributed by atoms with Gasteiger partial charge in [-0.25, -0.2) is 4.79 Å². The zero-order chi connectivity index (χ0) is 17.0. The second-order valence-electron chi connectivity index (χ2n) is 5.36. The number of hydrogen-bond donors (Lipinski definition) is 1. The molecule has 0 aromatic heterocycles. The van der Waals surface area contributed by atoms with Gasteiger partial charge in [-0.2, -0.15) is 13.2 Å². The number of likely N-dealkylation sites (tertiary alicyclic amines) is 1. The highest BCUT2D eigenvalue weighted by Gasteiger charge is 2.42. The Morgan fingerprint density at radius 1 is 1.22 bits per heavy atom. The second-order valence-corrected chi connectivity index (χ2v) is 5.36. The summed E-state index contributed by atoms with van der Waals surface area (Å²) in [4.78, 5) is 13.4. The predicted molar refractivity (Wildman–Crippen MR) is 78.9 cm³/mol. The third-order valence-electron chi connectivity index (χ3n) is 3.77. The summed E-state index contributed by atoms with van der Waals surface area (Å²) in [6.07, 6.45) is -3.89. The number of alkyl halides is 3. The van der Waals surface area contributed by atoms with Crippen LogP contribution < -0.4 is 14.8 Å². The number of methoxy groups -OCH3 is 2. The molecular formula is C15H19F3N2O3. The van der Waals surface area contributed by atoms with Crippen molar-refractivity contribution in [3.05, 3.63) is 18.2 Å². The second kappa shape index (κ2) is 6.97. The van der Waals surface area contributed by atoms with Crippen molar-refractivity contribution in [3.63, 3.8) is 0 Å². The van der Waals surface area contributed by atoms with Crippen molar-refractivity contribution < 1.29 is 27.4 Å². The minimum atomic E-state index is -4.28. The van der Waals surface area contributed by atoms with Crippen molar-refractivity contribution in [2.45, 2.75) is 19.0 Å². The van der Waals surface area contributed by atoms with Crippen LogP contribution in [0, 0.1) is 5.92 Å². The van der Waals surface area contributed by atoms with Crippen LogP contribution in [0.4, 0.5) is 23.7 Å². The van der Waals surface area contributed by atoms with Crippen LogP contribution in [-0.4, -0.2) is 44.4 Å². The van der Waals surface area contributed by atoms with E-state index in [1.807, 2.05) is 0 Å². The Morgan fingerprint density at radius 2 is 1.83 bits per heavy atom. The maximum absolute atomic E-state index is 12.8. The lowest BCUT2D eigenvalue weighted by atomic mass is 9.98. The summed E-state index contributed by atoms with van der Waals surface area (Å²) in [6, 6.07) is 4.22. The van der Waals surface area contributed by atoms with Gasteiger partial charge in [-0.3, -0.25) is 0 Å². The molecule has 23 heavy (non-hydrogen) atoms. The zero-order valence-electron chi connectivity index (χ0n) is 12.9. The molecule has 1 aromatic rings. The highest BCUT2D eigenvalue weighted by molar-refractivity contribution is 5.90. The van der Waals surface area contributed by atoms with Crippen molar-refractivity contribution in [3.8, 4) is 11.5 Å². The Balaban J connectivity index is 2.06. The average molecular weight is 332 g/mol. The molecule has 1 heterocycles. The Labute approximate surface area is 132 Å². The van der Waals surface area contributed by atoms with Crippen LogP contribution >= 0.6 is 0 Å². The molecule has 1 N–H and O–H groups in total. The maximum Gasteiger partial charge on any atom is 0.393 e. The summed E-state index contributed by atoms with van der Waals surface area (Å²) in [6.45, 7) is -0.0179. The number of hydrogen-bond acceptors (Lipinski definition) is 3. The smallest absolute Gasteiger partial charge is 0.393 e. The summed E-state index contributed by atoms with van der Waals surface area (Å²) in [5.41, 5.74) is 0.403. The number of benzene rings is 1. The molecule has 0 spiro atoms. The molecule has 0 aliphatic carbocycles. The number of rotatable bonds is 3. The average Bonchev–Trinajstić information content (AvgIpc) is 2.53. The van der Waals surface area contributed by atoms with Gasteiger partial charge in [0.1, 0.15) is 11.5 Å². The highest BCUT2D eigenvalue weighted by atomic mass is 19.4. The SMILES string of the molecule is COc1cc(NC(=O)N2CCC[C@@H](C(F)(F)F)C2)cc(OC)c1. The molecule has 5 nitrogen and oxygen atoms in total. The molecule has 1 aromatic carbocycles. The van der Waals surface area contributed by atoms with Gasteiger partial charge >= 0.3 is 12.2 Å². The third kappa shape index (κ3) is 4.43. The summed E-state index contributed by atoms with van der Waals surface area (Å²) >= 11 is 0. The Morgan fingerprint density at radius 3 is 2.35 bits per heavy atom. The number of anilines is 1. The number of halogens is 3. The van der Waals surface area contributed by atoms with Gasteiger partial charge in [0, 0.05) is 37.0 Å². The van der Waals surface area contributed by atoms with Crippen molar-refractivity contribution in [1.82, 2.24) is 4.90 Å². The van der Waals surface area contributed by atoms with Crippen molar-refractivity contribution in [2.75, 3.05) is 32.6 Å². The molecule has 8 heteroatoms. The predicted octanol–water partition coefficient (Wildman–Crippen LogP) is 3.51. The van der Waals surface area contributed by atoms with Crippen molar-refractivity contribution >= 4 is 11.7 Å². The monoisotopic (exact) mass is 332 g/mol. The van der Waals surface area contributed by atoms with E-state index in [-0.39, 0.29) is 13.0 Å². The first-order valence-electron chi connectivity index (χ1n) is 7.19. The van der Waals surface area contributed by atoms with Crippen LogP contribution in [0.25, 0.3) is 0 Å². The molecule has 0 saturated carbocycles. The molecule has 2 rings (SSSR count). The normalized spacial score (nSPS) is 18.5. The van der Waals surface area contributed by atoms with Gasteiger partial charge in [0.15, 0.2) is 0 Å². The Kier molecular flexibility index (Phi) is 5.23. The van der Waals surface area contributed by atoms with E-state index < -0.39 is 18.1 Å². The van der Waals surface area contributed by atoms with Crippen LogP contribution in [0.5, 0.6) is 11.5 Å². The first kappa shape index (κ1) is 17.2. The fourth-order valence-corrected chi connectivity index (χ4v) is 2.51. The van der Waals surface area contributed by atoms with Crippen molar-refractivity contribution in [2.24, 2.45) is 5.92 Å². The van der Waals surface area contributed by atoms with Crippen molar-refractivity contribution in [1.29, 1.82) is 0 Å². The van der Waals surface area contributed by atoms with E-state index in [9.17, 15) is 18.0 Å². The molecule has 0 radical (unpaired) electrons. The lowest BCUT2D eigenvalue weighted by molar-refractivity contribution is -0.183. The number of carbonyl (C=O) groups excluding carboxylic acids is 1. The number of carbonyl (C=O) groups is 1. The number of urea groups is 1. The minimum absolute atomic E-state index is 0.0558. The van der Waals surface area contributed by atoms with Gasteiger partial charge in [-0.15, -0.1) is 0 Å². The van der Waals surface area contributed by atoms with Gasteiger partial charge in [-0.05, 0) is 12.8 Å². The van der Waals surface area contributed by atoms with E-state index in [0.29, 0.717) is 30.2 Å². The first-order valence-corrected chi connectivity index (χ1v) is 7.19. The number of ether oxygens (including phenoxy) is 2. The van der Waals surface area contributed by atoms with E-state index in [1.54, 1.807) is 18.2 Å². The quantitative estimate of drug-likeness (QED) is 0.921. The number of piperidine rings is 1. The molecule has 1 fully saturated rings. The van der Waals surface area contributed by atoms with E-state index in [2.05, 4.69) is 5.32 Å². The number of nitrogens with zero attached hydrogens (tertiary/aromatic N) is 1. The van der Waals surface area contributed by atoms with E-state index >= 15 is 0 Å². The molecule has 0 bridgehead atoms. The number of nitrogens with one attached hydrogen (secondary N) is 1. The molecular weight excluding hydrogens is 313 g/mol. The third-order valence-corrected chi connectivity index (χ3v) is 3.77. The lowest BCUT2D eigenvalue weighted by Gasteiger charge is -2.33. The summed E-state index contributed by atoms with van der Waals surface area (Å²) in [5, 5.41) is 2.59. The van der Waals surface area contributed by atoms with E-state index in [0.717, 1.165) is 0 Å². The minimum Gasteiger partial charge on any atom is -0.497 e. The molecule has 1 atom stereocenters. The highest BCUT2D eigenvalue weighted by Crippen LogP contribution is 2.33. The molecule has 0 unspecified atom stereocenters.